The van der Waals surface area contributed by atoms with Gasteiger partial charge in [0.25, 0.3) is 5.91 Å². The standard InChI is InChI=1S/C11H16N2O3S/c1-8-6-10(14)9(7-13-8)11(15)12-4-3-5-17(2)16/h6-7H,3-5H2,1-2H3,(H,12,15)(H,13,14). The molecule has 5 nitrogen and oxygen atoms in total. The smallest absolute Gasteiger partial charge is 0.256 e. The first-order valence-electron chi connectivity index (χ1n) is 5.28. The van der Waals surface area contributed by atoms with Crippen LogP contribution in [-0.4, -0.2) is 33.7 Å². The van der Waals surface area contributed by atoms with Crippen LogP contribution in [0, 0.1) is 6.92 Å². The lowest BCUT2D eigenvalue weighted by Gasteiger charge is -2.04. The number of carbonyl (C=O) groups is 1. The molecule has 1 amide bonds. The van der Waals surface area contributed by atoms with E-state index in [9.17, 15) is 13.8 Å². The van der Waals surface area contributed by atoms with Gasteiger partial charge in [-0.25, -0.2) is 0 Å². The third kappa shape index (κ3) is 4.52. The number of hydrogen-bond donors (Lipinski definition) is 2. The Bertz CT molecular complexity index is 482. The first kappa shape index (κ1) is 13.6. The Labute approximate surface area is 102 Å². The average molecular weight is 256 g/mol. The minimum atomic E-state index is -0.851. The first-order valence-corrected chi connectivity index (χ1v) is 7.01. The summed E-state index contributed by atoms with van der Waals surface area (Å²) in [6, 6.07) is 1.38. The van der Waals surface area contributed by atoms with Crippen molar-refractivity contribution in [3.63, 3.8) is 0 Å². The summed E-state index contributed by atoms with van der Waals surface area (Å²) in [4.78, 5) is 25.9. The lowest BCUT2D eigenvalue weighted by molar-refractivity contribution is 0.0952. The second-order valence-corrected chi connectivity index (χ2v) is 5.34. The fraction of sp³-hybridized carbons (Fsp3) is 0.455. The van der Waals surface area contributed by atoms with E-state index in [1.54, 1.807) is 13.2 Å². The summed E-state index contributed by atoms with van der Waals surface area (Å²) in [5.74, 6) is 0.151. The Morgan fingerprint density at radius 2 is 2.24 bits per heavy atom. The maximum atomic E-state index is 11.6. The van der Waals surface area contributed by atoms with E-state index >= 15 is 0 Å². The van der Waals surface area contributed by atoms with E-state index in [2.05, 4.69) is 10.3 Å². The zero-order valence-corrected chi connectivity index (χ0v) is 10.7. The molecule has 0 aliphatic rings. The fourth-order valence-corrected chi connectivity index (χ4v) is 1.87. The minimum absolute atomic E-state index is 0.105. The van der Waals surface area contributed by atoms with Crippen LogP contribution in [0.1, 0.15) is 22.5 Å². The zero-order chi connectivity index (χ0) is 12.8. The second kappa shape index (κ2) is 6.34. The van der Waals surface area contributed by atoms with E-state index in [0.717, 1.165) is 0 Å². The van der Waals surface area contributed by atoms with Gasteiger partial charge in [-0.15, -0.1) is 0 Å². The van der Waals surface area contributed by atoms with Gasteiger partial charge in [0.2, 0.25) is 0 Å². The Morgan fingerprint density at radius 1 is 1.53 bits per heavy atom. The van der Waals surface area contributed by atoms with Crippen molar-refractivity contribution in [2.75, 3.05) is 18.6 Å². The van der Waals surface area contributed by atoms with Crippen LogP contribution in [0.3, 0.4) is 0 Å². The zero-order valence-electron chi connectivity index (χ0n) is 9.91. The molecular formula is C11H16N2O3S. The molecule has 0 spiro atoms. The van der Waals surface area contributed by atoms with Gasteiger partial charge >= 0.3 is 0 Å². The quantitative estimate of drug-likeness (QED) is 0.738. The van der Waals surface area contributed by atoms with Gasteiger partial charge in [0.1, 0.15) is 5.56 Å². The number of hydrogen-bond acceptors (Lipinski definition) is 3. The van der Waals surface area contributed by atoms with Gasteiger partial charge in [0.05, 0.1) is 0 Å². The van der Waals surface area contributed by atoms with Crippen LogP contribution in [0.5, 0.6) is 0 Å². The highest BCUT2D eigenvalue weighted by molar-refractivity contribution is 7.84. The summed E-state index contributed by atoms with van der Waals surface area (Å²) in [5, 5.41) is 2.62. The molecule has 2 N–H and O–H groups in total. The van der Waals surface area contributed by atoms with E-state index in [4.69, 9.17) is 0 Å². The number of aromatic amines is 1. The van der Waals surface area contributed by atoms with Crippen LogP contribution in [0.25, 0.3) is 0 Å². The number of pyridine rings is 1. The molecule has 6 heteroatoms. The molecule has 0 bridgehead atoms. The summed E-state index contributed by atoms with van der Waals surface area (Å²) >= 11 is 0. The van der Waals surface area contributed by atoms with E-state index in [-0.39, 0.29) is 11.0 Å². The minimum Gasteiger partial charge on any atom is -0.364 e. The van der Waals surface area contributed by atoms with Crippen LogP contribution in [-0.2, 0) is 10.8 Å². The highest BCUT2D eigenvalue weighted by Gasteiger charge is 2.09. The summed E-state index contributed by atoms with van der Waals surface area (Å²) in [5.41, 5.74) is 0.527. The van der Waals surface area contributed by atoms with Crippen molar-refractivity contribution in [1.29, 1.82) is 0 Å². The van der Waals surface area contributed by atoms with Gasteiger partial charge < -0.3 is 10.3 Å². The maximum Gasteiger partial charge on any atom is 0.256 e. The van der Waals surface area contributed by atoms with Crippen molar-refractivity contribution in [3.8, 4) is 0 Å². The van der Waals surface area contributed by atoms with E-state index in [0.29, 0.717) is 24.4 Å². The van der Waals surface area contributed by atoms with Gasteiger partial charge in [0.15, 0.2) is 5.43 Å². The van der Waals surface area contributed by atoms with Crippen molar-refractivity contribution in [3.05, 3.63) is 33.7 Å². The summed E-state index contributed by atoms with van der Waals surface area (Å²) in [6.45, 7) is 2.17. The second-order valence-electron chi connectivity index (χ2n) is 3.78. The Morgan fingerprint density at radius 3 is 2.82 bits per heavy atom. The van der Waals surface area contributed by atoms with Gasteiger partial charge in [-0.3, -0.25) is 13.8 Å². The topological polar surface area (TPSA) is 79.0 Å². The Balaban J connectivity index is 2.53. The third-order valence-corrected chi connectivity index (χ3v) is 3.06. The summed E-state index contributed by atoms with van der Waals surface area (Å²) < 4.78 is 10.8. The lowest BCUT2D eigenvalue weighted by Crippen LogP contribution is -2.30. The molecule has 0 aromatic carbocycles. The highest BCUT2D eigenvalue weighted by atomic mass is 32.2. The number of amides is 1. The number of carbonyl (C=O) groups excluding carboxylic acids is 1. The Kier molecular flexibility index (Phi) is 5.09. The predicted molar refractivity (Wildman–Crippen MR) is 67.7 cm³/mol. The van der Waals surface area contributed by atoms with Crippen molar-refractivity contribution in [2.24, 2.45) is 0 Å². The number of aromatic nitrogens is 1. The van der Waals surface area contributed by atoms with E-state index in [1.807, 2.05) is 0 Å². The molecule has 0 saturated heterocycles. The molecule has 0 aliphatic carbocycles. The number of aryl methyl sites for hydroxylation is 1. The number of rotatable bonds is 5. The average Bonchev–Trinajstić information content (AvgIpc) is 2.23. The van der Waals surface area contributed by atoms with E-state index < -0.39 is 16.7 Å². The number of H-pyrrole nitrogens is 1. The largest absolute Gasteiger partial charge is 0.364 e. The molecule has 0 fully saturated rings. The Hall–Kier alpha value is -1.43. The van der Waals surface area contributed by atoms with Crippen molar-refractivity contribution in [1.82, 2.24) is 10.3 Å². The molecule has 1 heterocycles. The first-order chi connectivity index (χ1) is 8.00. The van der Waals surface area contributed by atoms with Crippen LogP contribution in [0.4, 0.5) is 0 Å². The summed E-state index contributed by atoms with van der Waals surface area (Å²) in [7, 11) is -0.851. The molecule has 1 unspecified atom stereocenters. The van der Waals surface area contributed by atoms with Crippen LogP contribution < -0.4 is 10.7 Å². The molecule has 1 aromatic heterocycles. The van der Waals surface area contributed by atoms with Gasteiger partial charge in [0, 0.05) is 47.3 Å². The third-order valence-electron chi connectivity index (χ3n) is 2.20. The predicted octanol–water partition coefficient (Wildman–Crippen LogP) is 0.182. The molecule has 0 saturated carbocycles. The van der Waals surface area contributed by atoms with Crippen LogP contribution >= 0.6 is 0 Å². The molecule has 1 rings (SSSR count). The normalized spacial score (nSPS) is 12.1. The van der Waals surface area contributed by atoms with Gasteiger partial charge in [-0.2, -0.15) is 0 Å². The monoisotopic (exact) mass is 256 g/mol. The molecule has 1 aromatic rings. The van der Waals surface area contributed by atoms with Crippen molar-refractivity contribution >= 4 is 16.7 Å². The summed E-state index contributed by atoms with van der Waals surface area (Å²) in [6.07, 6.45) is 3.66. The number of nitrogens with one attached hydrogen (secondary N) is 2. The maximum absolute atomic E-state index is 11.6. The molecule has 1 atom stereocenters. The molecule has 94 valence electrons. The highest BCUT2D eigenvalue weighted by Crippen LogP contribution is 1.92. The lowest BCUT2D eigenvalue weighted by atomic mass is 10.2. The van der Waals surface area contributed by atoms with Crippen LogP contribution in [0.15, 0.2) is 17.1 Å². The fourth-order valence-electron chi connectivity index (χ4n) is 1.32. The molecule has 0 radical (unpaired) electrons. The van der Waals surface area contributed by atoms with Gasteiger partial charge in [-0.1, -0.05) is 0 Å². The van der Waals surface area contributed by atoms with E-state index in [1.165, 1.54) is 12.3 Å². The molecule has 0 aliphatic heterocycles. The van der Waals surface area contributed by atoms with Crippen molar-refractivity contribution < 1.29 is 9.00 Å². The molecular weight excluding hydrogens is 240 g/mol. The van der Waals surface area contributed by atoms with Gasteiger partial charge in [-0.05, 0) is 13.3 Å². The van der Waals surface area contributed by atoms with Crippen LogP contribution in [0.2, 0.25) is 0 Å². The molecule has 17 heavy (non-hydrogen) atoms. The SMILES string of the molecule is Cc1cc(=O)c(C(=O)NCCCS(C)=O)c[nH]1. The van der Waals surface area contributed by atoms with Crippen molar-refractivity contribution in [2.45, 2.75) is 13.3 Å².